The van der Waals surface area contributed by atoms with Crippen LogP contribution in [0.3, 0.4) is 0 Å². The van der Waals surface area contributed by atoms with Gasteiger partial charge in [0.2, 0.25) is 11.8 Å². The minimum absolute atomic E-state index is 0.00559. The van der Waals surface area contributed by atoms with Crippen LogP contribution in [-0.4, -0.2) is 61.3 Å². The van der Waals surface area contributed by atoms with Gasteiger partial charge in [-0.05, 0) is 47.0 Å². The number of likely N-dealkylation sites (tertiary alicyclic amines) is 1. The Morgan fingerprint density at radius 2 is 2.08 bits per heavy atom. The van der Waals surface area contributed by atoms with E-state index >= 15 is 4.39 Å². The molecule has 4 aromatic rings. The maximum atomic E-state index is 15.1. The zero-order valence-corrected chi connectivity index (χ0v) is 21.7. The summed E-state index contributed by atoms with van der Waals surface area (Å²) in [5, 5.41) is 20.0. The zero-order valence-electron chi connectivity index (χ0n) is 21.7. The quantitative estimate of drug-likeness (QED) is 0.268. The third-order valence-corrected chi connectivity index (χ3v) is 6.30. The van der Waals surface area contributed by atoms with E-state index < -0.39 is 11.8 Å². The van der Waals surface area contributed by atoms with Crippen LogP contribution in [0.2, 0.25) is 0 Å². The van der Waals surface area contributed by atoms with Crippen molar-refractivity contribution in [3.63, 3.8) is 0 Å². The van der Waals surface area contributed by atoms with E-state index in [4.69, 9.17) is 4.52 Å². The van der Waals surface area contributed by atoms with E-state index in [0.29, 0.717) is 47.0 Å². The second-order valence-corrected chi connectivity index (χ2v) is 10.2. The minimum atomic E-state index is -0.712. The lowest BCUT2D eigenvalue weighted by Crippen LogP contribution is -2.30. The highest BCUT2D eigenvalue weighted by Gasteiger charge is 2.27. The Bertz CT molecular complexity index is 1560. The van der Waals surface area contributed by atoms with Crippen LogP contribution in [0.5, 0.6) is 0 Å². The van der Waals surface area contributed by atoms with Crippen LogP contribution in [0.1, 0.15) is 33.1 Å². The number of aromatic amines is 1. The van der Waals surface area contributed by atoms with Crippen LogP contribution < -0.4 is 16.0 Å². The van der Waals surface area contributed by atoms with Crippen molar-refractivity contribution in [3.05, 3.63) is 54.8 Å². The highest BCUT2D eigenvalue weighted by atomic mass is 19.1. The molecule has 4 N–H and O–H groups in total. The van der Waals surface area contributed by atoms with Gasteiger partial charge in [0.15, 0.2) is 11.5 Å². The Kier molecular flexibility index (Phi) is 6.73. The molecule has 0 saturated carbocycles. The molecule has 5 rings (SSSR count). The monoisotopic (exact) mass is 533 g/mol. The van der Waals surface area contributed by atoms with E-state index in [2.05, 4.69) is 47.9 Å². The maximum absolute atomic E-state index is 15.1. The fourth-order valence-corrected chi connectivity index (χ4v) is 4.31. The summed E-state index contributed by atoms with van der Waals surface area (Å²) in [6.07, 6.45) is 3.66. The van der Waals surface area contributed by atoms with Crippen molar-refractivity contribution in [1.29, 1.82) is 0 Å². The summed E-state index contributed by atoms with van der Waals surface area (Å²) < 4.78 is 20.3. The molecule has 0 bridgehead atoms. The minimum Gasteiger partial charge on any atom is -0.363 e. The summed E-state index contributed by atoms with van der Waals surface area (Å²) in [5.74, 6) is 0.151. The number of carbonyl (C=O) groups is 2. The predicted molar refractivity (Wildman–Crippen MR) is 144 cm³/mol. The first kappa shape index (κ1) is 25.8. The van der Waals surface area contributed by atoms with Crippen LogP contribution >= 0.6 is 0 Å². The van der Waals surface area contributed by atoms with Gasteiger partial charge in [-0.25, -0.2) is 14.2 Å². The second kappa shape index (κ2) is 10.2. The normalized spacial score (nSPS) is 15.4. The summed E-state index contributed by atoms with van der Waals surface area (Å²) in [4.78, 5) is 34.6. The number of fused-ring (bicyclic) bond motifs is 1. The Morgan fingerprint density at radius 1 is 1.26 bits per heavy atom. The lowest BCUT2D eigenvalue weighted by molar-refractivity contribution is -0.125. The van der Waals surface area contributed by atoms with Gasteiger partial charge in [0, 0.05) is 30.7 Å². The molecule has 202 valence electrons. The third-order valence-electron chi connectivity index (χ3n) is 6.30. The molecule has 13 heteroatoms. The molecule has 1 fully saturated rings. The summed E-state index contributed by atoms with van der Waals surface area (Å²) in [5.41, 5.74) is 1.40. The van der Waals surface area contributed by atoms with Gasteiger partial charge in [-0.15, -0.1) is 0 Å². The van der Waals surface area contributed by atoms with Gasteiger partial charge < -0.3 is 20.1 Å². The molecule has 0 radical (unpaired) electrons. The van der Waals surface area contributed by atoms with Crippen molar-refractivity contribution in [2.45, 2.75) is 38.6 Å². The lowest BCUT2D eigenvalue weighted by Gasteiger charge is -2.15. The number of urea groups is 1. The molecule has 12 nitrogen and oxygen atoms in total. The highest BCUT2D eigenvalue weighted by Crippen LogP contribution is 2.34. The van der Waals surface area contributed by atoms with Gasteiger partial charge >= 0.3 is 6.03 Å². The second-order valence-electron chi connectivity index (χ2n) is 10.2. The van der Waals surface area contributed by atoms with Gasteiger partial charge in [-0.1, -0.05) is 33.4 Å². The summed E-state index contributed by atoms with van der Waals surface area (Å²) in [6.45, 7) is 10.4. The van der Waals surface area contributed by atoms with E-state index in [0.717, 1.165) is 6.42 Å². The molecule has 4 heterocycles. The van der Waals surface area contributed by atoms with E-state index in [1.54, 1.807) is 23.2 Å². The molecule has 0 unspecified atom stereocenters. The number of rotatable bonds is 6. The SMILES string of the molecule is C=CC(=O)N1CC[C@@H](Nc2n[nH]c3nccc(-c4ccc(NC(=O)Nc5noc(C(C)(C)C)n5)c(F)c4)c23)C1. The average Bonchev–Trinajstić information content (AvgIpc) is 3.65. The van der Waals surface area contributed by atoms with Crippen LogP contribution in [0.25, 0.3) is 22.2 Å². The highest BCUT2D eigenvalue weighted by molar-refractivity contribution is 6.01. The number of carbonyl (C=O) groups excluding carboxylic acids is 2. The van der Waals surface area contributed by atoms with Gasteiger partial charge in [0.25, 0.3) is 5.95 Å². The maximum Gasteiger partial charge on any atom is 0.326 e. The van der Waals surface area contributed by atoms with Gasteiger partial charge in [0.1, 0.15) is 5.82 Å². The predicted octanol–water partition coefficient (Wildman–Crippen LogP) is 4.29. The number of halogens is 1. The summed E-state index contributed by atoms with van der Waals surface area (Å²) >= 11 is 0. The first-order valence-corrected chi connectivity index (χ1v) is 12.4. The number of nitrogens with one attached hydrogen (secondary N) is 4. The zero-order chi connectivity index (χ0) is 27.7. The average molecular weight is 534 g/mol. The topological polar surface area (TPSA) is 154 Å². The van der Waals surface area contributed by atoms with E-state index in [9.17, 15) is 9.59 Å². The van der Waals surface area contributed by atoms with Gasteiger partial charge in [-0.2, -0.15) is 10.1 Å². The number of nitrogens with zero attached hydrogens (tertiary/aromatic N) is 5. The molecule has 1 aromatic carbocycles. The van der Waals surface area contributed by atoms with Crippen molar-refractivity contribution in [3.8, 4) is 11.1 Å². The molecule has 0 aliphatic carbocycles. The van der Waals surface area contributed by atoms with Crippen molar-refractivity contribution < 1.29 is 18.5 Å². The first-order valence-electron chi connectivity index (χ1n) is 12.4. The molecule has 1 atom stereocenters. The Morgan fingerprint density at radius 3 is 2.79 bits per heavy atom. The molecular weight excluding hydrogens is 505 g/mol. The number of aromatic nitrogens is 5. The van der Waals surface area contributed by atoms with Crippen LogP contribution in [-0.2, 0) is 10.2 Å². The van der Waals surface area contributed by atoms with Gasteiger partial charge in [-0.3, -0.25) is 15.2 Å². The fraction of sp³-hybridized carbons (Fsp3) is 0.308. The van der Waals surface area contributed by atoms with Crippen molar-refractivity contribution >= 4 is 40.4 Å². The largest absolute Gasteiger partial charge is 0.363 e. The van der Waals surface area contributed by atoms with Crippen molar-refractivity contribution in [1.82, 2.24) is 30.2 Å². The van der Waals surface area contributed by atoms with Crippen LogP contribution in [0.4, 0.5) is 26.6 Å². The van der Waals surface area contributed by atoms with E-state index in [1.165, 1.54) is 18.2 Å². The Labute approximate surface area is 223 Å². The molecule has 39 heavy (non-hydrogen) atoms. The molecule has 3 aromatic heterocycles. The van der Waals surface area contributed by atoms with Crippen molar-refractivity contribution in [2.24, 2.45) is 0 Å². The van der Waals surface area contributed by atoms with Crippen LogP contribution in [0, 0.1) is 5.82 Å². The molecule has 1 aliphatic heterocycles. The third kappa shape index (κ3) is 5.42. The molecule has 0 spiro atoms. The molecule has 1 saturated heterocycles. The van der Waals surface area contributed by atoms with E-state index in [1.807, 2.05) is 20.8 Å². The fourth-order valence-electron chi connectivity index (χ4n) is 4.31. The van der Waals surface area contributed by atoms with Crippen LogP contribution in [0.15, 0.2) is 47.6 Å². The molecule has 1 aliphatic rings. The summed E-state index contributed by atoms with van der Waals surface area (Å²) in [6, 6.07) is 5.54. The number of pyridine rings is 1. The molecular formula is C26H28FN9O3. The number of anilines is 3. The number of H-pyrrole nitrogens is 1. The number of hydrogen-bond acceptors (Lipinski definition) is 8. The standard InChI is InChI=1S/C26H28FN9O3/c1-5-19(37)36-11-9-15(13-36)29-22-20-16(8-10-28-21(20)33-34-22)14-6-7-18(17(27)12-14)30-25(38)32-24-31-23(39-35-24)26(2,3)4/h5-8,10,12,15H,1,9,11,13H2,2-4H3,(H2,28,29,33,34)(H2,30,32,35,38)/t15-/m1/s1. The smallest absolute Gasteiger partial charge is 0.326 e. The van der Waals surface area contributed by atoms with Gasteiger partial charge in [0.05, 0.1) is 11.1 Å². The Hall–Kier alpha value is -4.81. The number of benzene rings is 1. The summed E-state index contributed by atoms with van der Waals surface area (Å²) in [7, 11) is 0. The lowest BCUT2D eigenvalue weighted by atomic mass is 9.97. The number of amides is 3. The van der Waals surface area contributed by atoms with Crippen molar-refractivity contribution in [2.75, 3.05) is 29.0 Å². The Balaban J connectivity index is 1.33. The van der Waals surface area contributed by atoms with E-state index in [-0.39, 0.29) is 29.0 Å². The number of hydrogen-bond donors (Lipinski definition) is 4. The first-order chi connectivity index (χ1) is 18.6. The molecule has 3 amide bonds.